The summed E-state index contributed by atoms with van der Waals surface area (Å²) in [6.45, 7) is 1.00. The summed E-state index contributed by atoms with van der Waals surface area (Å²) in [4.78, 5) is 17.6. The number of anilines is 2. The maximum Gasteiger partial charge on any atom is 0.414 e. The Kier molecular flexibility index (Phi) is 2.97. The van der Waals surface area contributed by atoms with Crippen LogP contribution in [0.15, 0.2) is 18.2 Å². The van der Waals surface area contributed by atoms with E-state index < -0.39 is 5.92 Å². The van der Waals surface area contributed by atoms with Gasteiger partial charge in [0.15, 0.2) is 0 Å². The normalized spacial score (nSPS) is 21.3. The van der Waals surface area contributed by atoms with Crippen LogP contribution >= 0.6 is 0 Å². The minimum absolute atomic E-state index is 0.219. The molecule has 1 saturated carbocycles. The summed E-state index contributed by atoms with van der Waals surface area (Å²) in [6.07, 6.45) is -0.0647. The van der Waals surface area contributed by atoms with Crippen LogP contribution in [0, 0.1) is 0 Å². The van der Waals surface area contributed by atoms with E-state index in [2.05, 4.69) is 4.98 Å². The average Bonchev–Trinajstić information content (AvgIpc) is 2.79. The largest absolute Gasteiger partial charge is 0.449 e. The number of hydrogen-bond acceptors (Lipinski definition) is 4. The van der Waals surface area contributed by atoms with Crippen molar-refractivity contribution in [2.24, 2.45) is 0 Å². The van der Waals surface area contributed by atoms with E-state index >= 15 is 0 Å². The number of ether oxygens (including phenoxy) is 1. The number of hydrogen-bond donors (Lipinski definition) is 1. The lowest BCUT2D eigenvalue weighted by Gasteiger charge is -2.36. The van der Waals surface area contributed by atoms with Gasteiger partial charge in [0.2, 0.25) is 5.95 Å². The Morgan fingerprint density at radius 1 is 1.35 bits per heavy atom. The Morgan fingerprint density at radius 2 is 2.13 bits per heavy atom. The van der Waals surface area contributed by atoms with Crippen LogP contribution in [0.1, 0.15) is 25.3 Å². The third-order valence-corrected chi connectivity index (χ3v) is 4.42. The molecule has 1 aromatic heterocycles. The van der Waals surface area contributed by atoms with Crippen LogP contribution < -0.4 is 10.6 Å². The molecular formula is C15H16F2N4O2. The third kappa shape index (κ3) is 2.29. The van der Waals surface area contributed by atoms with Gasteiger partial charge in [-0.2, -0.15) is 0 Å². The van der Waals surface area contributed by atoms with E-state index in [1.165, 1.54) is 4.90 Å². The Labute approximate surface area is 130 Å². The summed E-state index contributed by atoms with van der Waals surface area (Å²) in [5.74, 6) is -2.40. The van der Waals surface area contributed by atoms with Crippen molar-refractivity contribution >= 4 is 28.8 Å². The van der Waals surface area contributed by atoms with E-state index in [9.17, 15) is 13.6 Å². The Hall–Kier alpha value is -2.38. The summed E-state index contributed by atoms with van der Waals surface area (Å²) >= 11 is 0. The molecule has 1 aliphatic carbocycles. The number of fused-ring (bicyclic) bond motifs is 1. The molecule has 2 heterocycles. The number of amides is 1. The smallest absolute Gasteiger partial charge is 0.414 e. The zero-order valence-electron chi connectivity index (χ0n) is 12.3. The van der Waals surface area contributed by atoms with Gasteiger partial charge in [0.05, 0.1) is 17.6 Å². The first kappa shape index (κ1) is 14.2. The van der Waals surface area contributed by atoms with E-state index in [0.29, 0.717) is 29.9 Å². The number of carbonyl (C=O) groups excluding carboxylic acids is 1. The molecular weight excluding hydrogens is 306 g/mol. The SMILES string of the molecule is Nc1nc2cc(N3CCCOC3=O)ccc2n1C1CC(F)(F)C1. The van der Waals surface area contributed by atoms with Crippen molar-refractivity contribution in [3.05, 3.63) is 18.2 Å². The van der Waals surface area contributed by atoms with Crippen LogP contribution in [0.25, 0.3) is 11.0 Å². The van der Waals surface area contributed by atoms with Crippen molar-refractivity contribution in [1.82, 2.24) is 9.55 Å². The molecule has 8 heteroatoms. The molecule has 2 aliphatic rings. The molecule has 0 bridgehead atoms. The van der Waals surface area contributed by atoms with Crippen LogP contribution in [0.2, 0.25) is 0 Å². The van der Waals surface area contributed by atoms with Gasteiger partial charge >= 0.3 is 6.09 Å². The van der Waals surface area contributed by atoms with Gasteiger partial charge in [-0.05, 0) is 24.6 Å². The predicted molar refractivity (Wildman–Crippen MR) is 80.7 cm³/mol. The number of benzene rings is 1. The highest BCUT2D eigenvalue weighted by molar-refractivity contribution is 5.92. The Bertz CT molecular complexity index is 781. The number of imidazole rings is 1. The zero-order chi connectivity index (χ0) is 16.2. The molecule has 0 unspecified atom stereocenters. The first-order valence-corrected chi connectivity index (χ1v) is 7.54. The topological polar surface area (TPSA) is 73.4 Å². The first-order chi connectivity index (χ1) is 10.9. The number of carbonyl (C=O) groups is 1. The fraction of sp³-hybridized carbons (Fsp3) is 0.467. The van der Waals surface area contributed by atoms with Gasteiger partial charge in [0.25, 0.3) is 5.92 Å². The van der Waals surface area contributed by atoms with Crippen molar-refractivity contribution in [3.63, 3.8) is 0 Å². The molecule has 6 nitrogen and oxygen atoms in total. The van der Waals surface area contributed by atoms with Crippen molar-refractivity contribution in [3.8, 4) is 0 Å². The maximum atomic E-state index is 13.1. The lowest BCUT2D eigenvalue weighted by Crippen LogP contribution is -2.37. The molecule has 0 spiro atoms. The Balaban J connectivity index is 1.69. The van der Waals surface area contributed by atoms with Crippen LogP contribution in [-0.2, 0) is 4.74 Å². The number of rotatable bonds is 2. The number of cyclic esters (lactones) is 1. The molecule has 1 aromatic carbocycles. The van der Waals surface area contributed by atoms with E-state index in [4.69, 9.17) is 10.5 Å². The Morgan fingerprint density at radius 3 is 2.83 bits per heavy atom. The predicted octanol–water partition coefficient (Wildman–Crippen LogP) is 2.94. The molecule has 0 radical (unpaired) electrons. The number of halogens is 2. The minimum atomic E-state index is -2.62. The zero-order valence-corrected chi connectivity index (χ0v) is 12.3. The molecule has 4 rings (SSSR count). The lowest BCUT2D eigenvalue weighted by molar-refractivity contribution is -0.102. The van der Waals surface area contributed by atoms with Crippen LogP contribution in [0.5, 0.6) is 0 Å². The van der Waals surface area contributed by atoms with E-state index in [0.717, 1.165) is 6.42 Å². The monoisotopic (exact) mass is 322 g/mol. The molecule has 0 atom stereocenters. The minimum Gasteiger partial charge on any atom is -0.449 e. The lowest BCUT2D eigenvalue weighted by atomic mass is 9.88. The molecule has 1 aliphatic heterocycles. The second kappa shape index (κ2) is 4.81. The van der Waals surface area contributed by atoms with Crippen LogP contribution in [0.3, 0.4) is 0 Å². The van der Waals surface area contributed by atoms with Crippen molar-refractivity contribution in [2.75, 3.05) is 23.8 Å². The average molecular weight is 322 g/mol. The maximum absolute atomic E-state index is 13.1. The van der Waals surface area contributed by atoms with Crippen molar-refractivity contribution < 1.29 is 18.3 Å². The third-order valence-electron chi connectivity index (χ3n) is 4.42. The number of nitrogens with two attached hydrogens (primary N) is 1. The van der Waals surface area contributed by atoms with Crippen LogP contribution in [0.4, 0.5) is 25.2 Å². The van der Waals surface area contributed by atoms with Gasteiger partial charge in [-0.25, -0.2) is 18.6 Å². The number of nitrogens with zero attached hydrogens (tertiary/aromatic N) is 3. The quantitative estimate of drug-likeness (QED) is 0.922. The van der Waals surface area contributed by atoms with Crippen LogP contribution in [-0.4, -0.2) is 34.7 Å². The van der Waals surface area contributed by atoms with Gasteiger partial charge in [-0.1, -0.05) is 0 Å². The fourth-order valence-corrected chi connectivity index (χ4v) is 3.26. The summed E-state index contributed by atoms with van der Waals surface area (Å²) in [5.41, 5.74) is 7.88. The van der Waals surface area contributed by atoms with Crippen molar-refractivity contribution in [1.29, 1.82) is 0 Å². The van der Waals surface area contributed by atoms with Crippen molar-refractivity contribution in [2.45, 2.75) is 31.2 Å². The number of aromatic nitrogens is 2. The molecule has 122 valence electrons. The summed E-state index contributed by atoms with van der Waals surface area (Å²) in [6, 6.07) is 4.95. The molecule has 23 heavy (non-hydrogen) atoms. The van der Waals surface area contributed by atoms with Gasteiger partial charge in [-0.15, -0.1) is 0 Å². The molecule has 1 amide bonds. The second-order valence-electron chi connectivity index (χ2n) is 6.05. The molecule has 2 aromatic rings. The fourth-order valence-electron chi connectivity index (χ4n) is 3.26. The van der Waals surface area contributed by atoms with Gasteiger partial charge in [0, 0.05) is 31.1 Å². The number of nitrogen functional groups attached to an aromatic ring is 1. The van der Waals surface area contributed by atoms with E-state index in [1.54, 1.807) is 22.8 Å². The highest BCUT2D eigenvalue weighted by Gasteiger charge is 2.47. The summed E-state index contributed by atoms with van der Waals surface area (Å²) in [5, 5.41) is 0. The van der Waals surface area contributed by atoms with E-state index in [-0.39, 0.29) is 30.9 Å². The summed E-state index contributed by atoms with van der Waals surface area (Å²) in [7, 11) is 0. The standard InChI is InChI=1S/C15H16F2N4O2/c16-15(17)7-10(8-15)21-12-3-2-9(6-11(12)19-13(21)18)20-4-1-5-23-14(20)22/h2-3,6,10H,1,4-5,7-8H2,(H2,18,19). The van der Waals surface area contributed by atoms with E-state index in [1.807, 2.05) is 0 Å². The second-order valence-corrected chi connectivity index (χ2v) is 6.05. The van der Waals surface area contributed by atoms with Gasteiger partial charge < -0.3 is 15.0 Å². The first-order valence-electron chi connectivity index (χ1n) is 7.54. The van der Waals surface area contributed by atoms with Gasteiger partial charge in [0.1, 0.15) is 0 Å². The summed E-state index contributed by atoms with van der Waals surface area (Å²) < 4.78 is 32.9. The molecule has 1 saturated heterocycles. The number of alkyl halides is 2. The van der Waals surface area contributed by atoms with Gasteiger partial charge in [-0.3, -0.25) is 4.90 Å². The highest BCUT2D eigenvalue weighted by atomic mass is 19.3. The highest BCUT2D eigenvalue weighted by Crippen LogP contribution is 2.47. The molecule has 2 N–H and O–H groups in total. The molecule has 2 fully saturated rings.